The van der Waals surface area contributed by atoms with Crippen LogP contribution < -0.4 is 5.32 Å². The molecule has 2 rings (SSSR count). The summed E-state index contributed by atoms with van der Waals surface area (Å²) < 4.78 is 26.2. The first kappa shape index (κ1) is 19.9. The first-order chi connectivity index (χ1) is 11.6. The van der Waals surface area contributed by atoms with Crippen LogP contribution >= 0.6 is 27.5 Å². The zero-order valence-corrected chi connectivity index (χ0v) is 17.1. The quantitative estimate of drug-likeness (QED) is 0.760. The number of benzene rings is 2. The van der Waals surface area contributed by atoms with Crippen molar-refractivity contribution in [1.82, 2.24) is 9.62 Å². The van der Waals surface area contributed by atoms with Crippen LogP contribution in [-0.4, -0.2) is 32.7 Å². The molecule has 8 heteroatoms. The Morgan fingerprint density at radius 1 is 1.20 bits per heavy atom. The highest BCUT2D eigenvalue weighted by molar-refractivity contribution is 9.10. The van der Waals surface area contributed by atoms with E-state index in [0.717, 1.165) is 9.87 Å². The molecule has 0 aliphatic rings. The third-order valence-electron chi connectivity index (χ3n) is 3.65. The molecule has 0 bridgehead atoms. The Morgan fingerprint density at radius 2 is 1.88 bits per heavy atom. The van der Waals surface area contributed by atoms with Crippen molar-refractivity contribution in [3.8, 4) is 0 Å². The molecule has 0 heterocycles. The molecule has 1 amide bonds. The van der Waals surface area contributed by atoms with E-state index in [0.29, 0.717) is 9.50 Å². The summed E-state index contributed by atoms with van der Waals surface area (Å²) in [6.07, 6.45) is 0. The summed E-state index contributed by atoms with van der Waals surface area (Å²) in [5.41, 5.74) is 1.12. The van der Waals surface area contributed by atoms with Crippen molar-refractivity contribution in [2.45, 2.75) is 17.9 Å². The number of rotatable bonds is 5. The summed E-state index contributed by atoms with van der Waals surface area (Å²) in [4.78, 5) is 12.5. The first-order valence-corrected chi connectivity index (χ1v) is 10.0. The van der Waals surface area contributed by atoms with Gasteiger partial charge < -0.3 is 5.32 Å². The number of carbonyl (C=O) groups is 1. The van der Waals surface area contributed by atoms with Crippen LogP contribution in [0.4, 0.5) is 0 Å². The molecular weight excluding hydrogens is 428 g/mol. The minimum Gasteiger partial charge on any atom is -0.346 e. The highest BCUT2D eigenvalue weighted by Gasteiger charge is 2.22. The van der Waals surface area contributed by atoms with Crippen LogP contribution in [0.2, 0.25) is 5.02 Å². The summed E-state index contributed by atoms with van der Waals surface area (Å²) in [5, 5.41) is 3.43. The van der Waals surface area contributed by atoms with Gasteiger partial charge in [0.1, 0.15) is 0 Å². The lowest BCUT2D eigenvalue weighted by Crippen LogP contribution is -2.27. The maximum absolute atomic E-state index is 12.5. The highest BCUT2D eigenvalue weighted by atomic mass is 79.9. The van der Waals surface area contributed by atoms with Gasteiger partial charge in [0.25, 0.3) is 5.91 Å². The van der Waals surface area contributed by atoms with Gasteiger partial charge in [-0.1, -0.05) is 23.7 Å². The third-order valence-corrected chi connectivity index (χ3v) is 6.69. The zero-order chi connectivity index (χ0) is 18.8. The lowest BCUT2D eigenvalue weighted by molar-refractivity contribution is 0.0939. The Bertz CT molecular complexity index is 901. The van der Waals surface area contributed by atoms with E-state index < -0.39 is 10.0 Å². The Hall–Kier alpha value is -1.41. The number of amides is 1. The molecule has 0 saturated carbocycles. The molecule has 1 unspecified atom stereocenters. The SMILES string of the molecule is CC(NC(=O)c1ccc(Br)c(S(=O)(=O)N(C)C)c1)c1cccc(Cl)c1. The number of carbonyl (C=O) groups excluding carboxylic acids is 1. The van der Waals surface area contributed by atoms with Gasteiger partial charge in [0, 0.05) is 29.2 Å². The van der Waals surface area contributed by atoms with E-state index in [9.17, 15) is 13.2 Å². The van der Waals surface area contributed by atoms with E-state index in [2.05, 4.69) is 21.2 Å². The smallest absolute Gasteiger partial charge is 0.251 e. The van der Waals surface area contributed by atoms with Crippen LogP contribution in [-0.2, 0) is 10.0 Å². The van der Waals surface area contributed by atoms with Crippen LogP contribution in [0.1, 0.15) is 28.9 Å². The number of nitrogens with one attached hydrogen (secondary N) is 1. The fraction of sp³-hybridized carbons (Fsp3) is 0.235. The standard InChI is InChI=1S/C17H18BrClN2O3S/c1-11(12-5-4-6-14(19)9-12)20-17(22)13-7-8-15(18)16(10-13)25(23,24)21(2)3/h4-11H,1-3H3,(H,20,22). The van der Waals surface area contributed by atoms with Gasteiger partial charge in [0.2, 0.25) is 10.0 Å². The molecule has 0 spiro atoms. The summed E-state index contributed by atoms with van der Waals surface area (Å²) >= 11 is 9.20. The van der Waals surface area contributed by atoms with Gasteiger partial charge >= 0.3 is 0 Å². The molecule has 0 aliphatic heterocycles. The molecule has 0 fully saturated rings. The second-order valence-corrected chi connectivity index (χ2v) is 9.09. The van der Waals surface area contributed by atoms with Gasteiger partial charge in [0.05, 0.1) is 10.9 Å². The van der Waals surface area contributed by atoms with Crippen molar-refractivity contribution in [2.24, 2.45) is 0 Å². The molecule has 0 saturated heterocycles. The van der Waals surface area contributed by atoms with Crippen LogP contribution in [0.5, 0.6) is 0 Å². The summed E-state index contributed by atoms with van der Waals surface area (Å²) in [6.45, 7) is 1.83. The van der Waals surface area contributed by atoms with E-state index in [-0.39, 0.29) is 22.4 Å². The van der Waals surface area contributed by atoms with E-state index in [1.807, 2.05) is 19.1 Å². The van der Waals surface area contributed by atoms with Crippen LogP contribution in [0, 0.1) is 0 Å². The number of halogens is 2. The number of sulfonamides is 1. The maximum Gasteiger partial charge on any atom is 0.251 e. The Kier molecular flexibility index (Phi) is 6.26. The van der Waals surface area contributed by atoms with Crippen LogP contribution in [0.15, 0.2) is 51.8 Å². The molecule has 134 valence electrons. The lowest BCUT2D eigenvalue weighted by atomic mass is 10.1. The summed E-state index contributed by atoms with van der Waals surface area (Å²) in [6, 6.07) is 11.4. The lowest BCUT2D eigenvalue weighted by Gasteiger charge is -2.16. The van der Waals surface area contributed by atoms with Crippen molar-refractivity contribution in [3.63, 3.8) is 0 Å². The predicted molar refractivity (Wildman–Crippen MR) is 102 cm³/mol. The fourth-order valence-corrected chi connectivity index (χ4v) is 4.22. The molecule has 1 N–H and O–H groups in total. The van der Waals surface area contributed by atoms with E-state index in [1.165, 1.54) is 20.2 Å². The average Bonchev–Trinajstić information content (AvgIpc) is 2.54. The van der Waals surface area contributed by atoms with Gasteiger partial charge in [-0.25, -0.2) is 12.7 Å². The van der Waals surface area contributed by atoms with Crippen molar-refractivity contribution in [3.05, 3.63) is 63.1 Å². The Morgan fingerprint density at radius 3 is 2.48 bits per heavy atom. The van der Waals surface area contributed by atoms with Crippen molar-refractivity contribution >= 4 is 43.5 Å². The second kappa shape index (κ2) is 7.86. The van der Waals surface area contributed by atoms with Gasteiger partial charge in [-0.05, 0) is 58.7 Å². The molecule has 5 nitrogen and oxygen atoms in total. The molecule has 25 heavy (non-hydrogen) atoms. The van der Waals surface area contributed by atoms with Crippen LogP contribution in [0.25, 0.3) is 0 Å². The van der Waals surface area contributed by atoms with Gasteiger partial charge in [-0.3, -0.25) is 4.79 Å². The van der Waals surface area contributed by atoms with Gasteiger partial charge in [-0.2, -0.15) is 0 Å². The fourth-order valence-electron chi connectivity index (χ4n) is 2.18. The number of hydrogen-bond donors (Lipinski definition) is 1. The largest absolute Gasteiger partial charge is 0.346 e. The molecule has 1 atom stereocenters. The van der Waals surface area contributed by atoms with Crippen molar-refractivity contribution in [2.75, 3.05) is 14.1 Å². The van der Waals surface area contributed by atoms with Crippen LogP contribution in [0.3, 0.4) is 0 Å². The topological polar surface area (TPSA) is 66.5 Å². The van der Waals surface area contributed by atoms with Gasteiger partial charge in [0.15, 0.2) is 0 Å². The Labute approximate surface area is 161 Å². The predicted octanol–water partition coefficient (Wildman–Crippen LogP) is 3.84. The summed E-state index contributed by atoms with van der Waals surface area (Å²) in [7, 11) is -0.780. The maximum atomic E-state index is 12.5. The summed E-state index contributed by atoms with van der Waals surface area (Å²) in [5.74, 6) is -0.366. The average molecular weight is 446 g/mol. The first-order valence-electron chi connectivity index (χ1n) is 7.41. The zero-order valence-electron chi connectivity index (χ0n) is 14.0. The molecule has 2 aromatic carbocycles. The number of hydrogen-bond acceptors (Lipinski definition) is 3. The van der Waals surface area contributed by atoms with Crippen molar-refractivity contribution < 1.29 is 13.2 Å². The second-order valence-electron chi connectivity index (χ2n) is 5.68. The molecule has 0 radical (unpaired) electrons. The number of nitrogens with zero attached hydrogens (tertiary/aromatic N) is 1. The molecular formula is C17H18BrClN2O3S. The monoisotopic (exact) mass is 444 g/mol. The molecule has 0 aromatic heterocycles. The third kappa shape index (κ3) is 4.61. The minimum atomic E-state index is -3.66. The van der Waals surface area contributed by atoms with E-state index in [4.69, 9.17) is 11.6 Å². The molecule has 2 aromatic rings. The van der Waals surface area contributed by atoms with Gasteiger partial charge in [-0.15, -0.1) is 0 Å². The minimum absolute atomic E-state index is 0.0422. The van der Waals surface area contributed by atoms with E-state index >= 15 is 0 Å². The highest BCUT2D eigenvalue weighted by Crippen LogP contribution is 2.26. The molecule has 0 aliphatic carbocycles. The normalized spacial score (nSPS) is 12.9. The van der Waals surface area contributed by atoms with Crippen molar-refractivity contribution in [1.29, 1.82) is 0 Å². The van der Waals surface area contributed by atoms with E-state index in [1.54, 1.807) is 24.3 Å². The Balaban J connectivity index is 2.28.